The number of hydrogen-bond acceptors (Lipinski definition) is 4. The van der Waals surface area contributed by atoms with Crippen LogP contribution in [0.2, 0.25) is 0 Å². The van der Waals surface area contributed by atoms with Crippen LogP contribution in [-0.4, -0.2) is 32.9 Å². The van der Waals surface area contributed by atoms with Crippen LogP contribution in [0.1, 0.15) is 32.1 Å². The van der Waals surface area contributed by atoms with Gasteiger partial charge in [-0.25, -0.2) is 8.42 Å². The first-order valence-corrected chi connectivity index (χ1v) is 9.07. The van der Waals surface area contributed by atoms with Crippen molar-refractivity contribution in [3.05, 3.63) is 24.3 Å². The Bertz CT molecular complexity index is 576. The Labute approximate surface area is 120 Å². The number of hydrogen-bond donors (Lipinski definition) is 1. The van der Waals surface area contributed by atoms with E-state index in [1.54, 1.807) is 12.1 Å². The van der Waals surface area contributed by atoms with Crippen LogP contribution in [0.3, 0.4) is 0 Å². The molecule has 1 aromatic carbocycles. The predicted octanol–water partition coefficient (Wildman–Crippen LogP) is 2.60. The molecule has 1 spiro atoms. The molecule has 1 heterocycles. The first kappa shape index (κ1) is 13.9. The Balaban J connectivity index is 1.65. The second-order valence-corrected chi connectivity index (χ2v) is 8.03. The summed E-state index contributed by atoms with van der Waals surface area (Å²) in [6.07, 6.45) is 6.93. The Morgan fingerprint density at radius 3 is 2.50 bits per heavy atom. The molecule has 1 saturated heterocycles. The average Bonchev–Trinajstić information content (AvgIpc) is 2.37. The molecule has 2 fully saturated rings. The second-order valence-electron chi connectivity index (χ2n) is 6.02. The molecule has 3 rings (SSSR count). The van der Waals surface area contributed by atoms with E-state index >= 15 is 0 Å². The van der Waals surface area contributed by atoms with E-state index < -0.39 is 9.84 Å². The highest BCUT2D eigenvalue weighted by molar-refractivity contribution is 7.90. The molecule has 1 aromatic rings. The molecule has 0 radical (unpaired) electrons. The molecular formula is C15H21NO3S. The summed E-state index contributed by atoms with van der Waals surface area (Å²) in [6, 6.07) is 7.44. The van der Waals surface area contributed by atoms with Crippen LogP contribution in [0.5, 0.6) is 0 Å². The topological polar surface area (TPSA) is 55.4 Å². The Kier molecular flexibility index (Phi) is 3.50. The normalized spacial score (nSPS) is 25.1. The number of sulfone groups is 1. The molecule has 1 atom stereocenters. The second kappa shape index (κ2) is 5.04. The van der Waals surface area contributed by atoms with Gasteiger partial charge in [-0.1, -0.05) is 0 Å². The van der Waals surface area contributed by atoms with Crippen molar-refractivity contribution in [2.45, 2.75) is 48.6 Å². The number of nitrogens with one attached hydrogen (secondary N) is 1. The molecule has 1 N–H and O–H groups in total. The molecule has 2 aliphatic rings. The van der Waals surface area contributed by atoms with E-state index in [0.29, 0.717) is 10.9 Å². The summed E-state index contributed by atoms with van der Waals surface area (Å²) < 4.78 is 28.8. The van der Waals surface area contributed by atoms with Gasteiger partial charge in [-0.3, -0.25) is 0 Å². The van der Waals surface area contributed by atoms with Crippen molar-refractivity contribution in [2.24, 2.45) is 0 Å². The molecule has 1 saturated carbocycles. The predicted molar refractivity (Wildman–Crippen MR) is 78.7 cm³/mol. The molecule has 110 valence electrons. The first-order valence-electron chi connectivity index (χ1n) is 7.18. The third kappa shape index (κ3) is 2.83. The van der Waals surface area contributed by atoms with Gasteiger partial charge in [-0.2, -0.15) is 0 Å². The van der Waals surface area contributed by atoms with Crippen molar-refractivity contribution in [3.63, 3.8) is 0 Å². The fourth-order valence-corrected chi connectivity index (χ4v) is 3.74. The first-order chi connectivity index (χ1) is 9.47. The summed E-state index contributed by atoms with van der Waals surface area (Å²) in [4.78, 5) is 0.366. The van der Waals surface area contributed by atoms with Crippen molar-refractivity contribution in [3.8, 4) is 0 Å². The molecule has 1 unspecified atom stereocenters. The molecule has 4 nitrogen and oxygen atoms in total. The minimum absolute atomic E-state index is 0.128. The molecule has 0 amide bonds. The van der Waals surface area contributed by atoms with Gasteiger partial charge < -0.3 is 10.1 Å². The molecule has 1 aliphatic heterocycles. The van der Waals surface area contributed by atoms with Crippen LogP contribution in [0, 0.1) is 0 Å². The largest absolute Gasteiger partial charge is 0.382 e. The Morgan fingerprint density at radius 1 is 1.25 bits per heavy atom. The van der Waals surface area contributed by atoms with Gasteiger partial charge in [0.05, 0.1) is 10.5 Å². The summed E-state index contributed by atoms with van der Waals surface area (Å²) in [5.41, 5.74) is 1.11. The number of rotatable bonds is 3. The lowest BCUT2D eigenvalue weighted by Crippen LogP contribution is -2.48. The summed E-state index contributed by atoms with van der Waals surface area (Å²) in [5, 5.41) is 3.51. The van der Waals surface area contributed by atoms with Crippen molar-refractivity contribution >= 4 is 15.5 Å². The zero-order chi connectivity index (χ0) is 14.2. The van der Waals surface area contributed by atoms with E-state index in [2.05, 4.69) is 5.32 Å². The van der Waals surface area contributed by atoms with Gasteiger partial charge in [0.15, 0.2) is 9.84 Å². The summed E-state index contributed by atoms with van der Waals surface area (Å²) in [5.74, 6) is 0. The van der Waals surface area contributed by atoms with Crippen molar-refractivity contribution in [1.82, 2.24) is 0 Å². The maximum atomic E-state index is 11.4. The van der Waals surface area contributed by atoms with Gasteiger partial charge in [0, 0.05) is 24.6 Å². The maximum absolute atomic E-state index is 11.4. The zero-order valence-electron chi connectivity index (χ0n) is 11.8. The SMILES string of the molecule is CS(=O)(=O)c1ccc(NC2CCOC3(CCC3)C2)cc1. The molecule has 0 aromatic heterocycles. The molecule has 0 bridgehead atoms. The van der Waals surface area contributed by atoms with E-state index in [0.717, 1.165) is 25.1 Å². The molecule has 1 aliphatic carbocycles. The molecule has 20 heavy (non-hydrogen) atoms. The third-order valence-corrected chi connectivity index (χ3v) is 5.54. The lowest BCUT2D eigenvalue weighted by molar-refractivity contribution is -0.130. The number of benzene rings is 1. The lowest BCUT2D eigenvalue weighted by Gasteiger charge is -2.47. The highest BCUT2D eigenvalue weighted by atomic mass is 32.2. The fraction of sp³-hybridized carbons (Fsp3) is 0.600. The van der Waals surface area contributed by atoms with Crippen LogP contribution in [0.15, 0.2) is 29.2 Å². The van der Waals surface area contributed by atoms with E-state index in [-0.39, 0.29) is 5.60 Å². The van der Waals surface area contributed by atoms with Gasteiger partial charge in [0.25, 0.3) is 0 Å². The van der Waals surface area contributed by atoms with Crippen LogP contribution in [0.4, 0.5) is 5.69 Å². The fourth-order valence-electron chi connectivity index (χ4n) is 3.10. The van der Waals surface area contributed by atoms with Gasteiger partial charge in [-0.15, -0.1) is 0 Å². The maximum Gasteiger partial charge on any atom is 0.175 e. The number of anilines is 1. The van der Waals surface area contributed by atoms with E-state index in [9.17, 15) is 8.42 Å². The van der Waals surface area contributed by atoms with Crippen molar-refractivity contribution in [1.29, 1.82) is 0 Å². The van der Waals surface area contributed by atoms with Gasteiger partial charge >= 0.3 is 0 Å². The quantitative estimate of drug-likeness (QED) is 0.931. The molecule has 5 heteroatoms. The van der Waals surface area contributed by atoms with Crippen LogP contribution < -0.4 is 5.32 Å². The Morgan fingerprint density at radius 2 is 1.95 bits per heavy atom. The van der Waals surface area contributed by atoms with E-state index in [4.69, 9.17) is 4.74 Å². The van der Waals surface area contributed by atoms with Crippen molar-refractivity contribution < 1.29 is 13.2 Å². The minimum Gasteiger partial charge on any atom is -0.382 e. The zero-order valence-corrected chi connectivity index (χ0v) is 12.6. The summed E-state index contributed by atoms with van der Waals surface area (Å²) in [6.45, 7) is 0.819. The summed E-state index contributed by atoms with van der Waals surface area (Å²) in [7, 11) is -3.11. The third-order valence-electron chi connectivity index (χ3n) is 4.41. The van der Waals surface area contributed by atoms with E-state index in [1.807, 2.05) is 12.1 Å². The van der Waals surface area contributed by atoms with Gasteiger partial charge in [0.2, 0.25) is 0 Å². The monoisotopic (exact) mass is 295 g/mol. The molecular weight excluding hydrogens is 274 g/mol. The lowest BCUT2D eigenvalue weighted by atomic mass is 9.74. The summed E-state index contributed by atoms with van der Waals surface area (Å²) >= 11 is 0. The minimum atomic E-state index is -3.11. The van der Waals surface area contributed by atoms with Crippen LogP contribution in [-0.2, 0) is 14.6 Å². The van der Waals surface area contributed by atoms with E-state index in [1.165, 1.54) is 25.5 Å². The van der Waals surface area contributed by atoms with Crippen molar-refractivity contribution in [2.75, 3.05) is 18.2 Å². The standard InChI is InChI=1S/C15H21NO3S/c1-20(17,18)14-5-3-12(4-6-14)16-13-7-10-19-15(11-13)8-2-9-15/h3-6,13,16H,2,7-11H2,1H3. The average molecular weight is 295 g/mol. The number of ether oxygens (including phenoxy) is 1. The smallest absolute Gasteiger partial charge is 0.175 e. The van der Waals surface area contributed by atoms with Gasteiger partial charge in [-0.05, 0) is 56.4 Å². The highest BCUT2D eigenvalue weighted by Gasteiger charge is 2.42. The van der Waals surface area contributed by atoms with Crippen LogP contribution in [0.25, 0.3) is 0 Å². The van der Waals surface area contributed by atoms with Gasteiger partial charge in [0.1, 0.15) is 0 Å². The highest BCUT2D eigenvalue weighted by Crippen LogP contribution is 2.42. The Hall–Kier alpha value is -1.07. The van der Waals surface area contributed by atoms with Crippen LogP contribution >= 0.6 is 0 Å².